The van der Waals surface area contributed by atoms with E-state index in [0.29, 0.717) is 12.8 Å². The Kier molecular flexibility index (Phi) is 32.7. The quantitative estimate of drug-likeness (QED) is 0.0383. The van der Waals surface area contributed by atoms with E-state index in [0.717, 1.165) is 25.7 Å². The van der Waals surface area contributed by atoms with Crippen LogP contribution in [0.25, 0.3) is 0 Å². The highest BCUT2D eigenvalue weighted by atomic mass is 16.5. The Morgan fingerprint density at radius 2 is 1.03 bits per heavy atom. The van der Waals surface area contributed by atoms with Gasteiger partial charge in [0.05, 0.1) is 25.7 Å². The molecular weight excluding hydrogens is 1030 g/mol. The highest BCUT2D eigenvalue weighted by molar-refractivity contribution is 5.99. The molecule has 452 valence electrons. The van der Waals surface area contributed by atoms with Crippen molar-refractivity contribution in [3.8, 4) is 0 Å². The van der Waals surface area contributed by atoms with E-state index in [1.807, 2.05) is 0 Å². The maximum absolute atomic E-state index is 14.7. The summed E-state index contributed by atoms with van der Waals surface area (Å²) in [5.74, 6) is -13.0. The number of aliphatic hydroxyl groups is 3. The molecule has 1 saturated heterocycles. The van der Waals surface area contributed by atoms with Gasteiger partial charge in [0.1, 0.15) is 60.5 Å². The number of nitrogens with one attached hydrogen (secondary N) is 9. The van der Waals surface area contributed by atoms with Crippen LogP contribution in [0.2, 0.25) is 0 Å². The molecule has 13 N–H and O–H groups in total. The van der Waals surface area contributed by atoms with E-state index in [-0.39, 0.29) is 55.8 Å². The number of esters is 1. The number of carbonyl (C=O) groups is 11. The molecule has 0 aromatic rings. The number of aliphatic carboxylic acids is 1. The molecule has 0 radical (unpaired) electrons. The highest BCUT2D eigenvalue weighted by Gasteiger charge is 2.40. The van der Waals surface area contributed by atoms with Crippen LogP contribution < -0.4 is 47.9 Å². The van der Waals surface area contributed by atoms with Crippen molar-refractivity contribution >= 4 is 65.1 Å². The van der Waals surface area contributed by atoms with Gasteiger partial charge in [0.15, 0.2) is 0 Å². The summed E-state index contributed by atoms with van der Waals surface area (Å²) in [6.07, 6.45) is 0.716. The fourth-order valence-corrected chi connectivity index (χ4v) is 8.66. The zero-order valence-electron chi connectivity index (χ0n) is 48.5. The summed E-state index contributed by atoms with van der Waals surface area (Å²) in [7, 11) is 0. The van der Waals surface area contributed by atoms with Crippen molar-refractivity contribution in [2.45, 2.75) is 233 Å². The van der Waals surface area contributed by atoms with E-state index >= 15 is 0 Å². The normalized spacial score (nSPS) is 23.7. The summed E-state index contributed by atoms with van der Waals surface area (Å²) >= 11 is 0. The van der Waals surface area contributed by atoms with Crippen molar-refractivity contribution < 1.29 is 77.9 Å². The smallest absolute Gasteiger partial charge is 0.328 e. The minimum atomic E-state index is -1.95. The first kappa shape index (κ1) is 71.1. The van der Waals surface area contributed by atoms with Gasteiger partial charge >= 0.3 is 11.9 Å². The van der Waals surface area contributed by atoms with Crippen LogP contribution in [0.4, 0.5) is 0 Å². The number of hydrogen-bond donors (Lipinski definition) is 13. The van der Waals surface area contributed by atoms with Crippen molar-refractivity contribution in [3.63, 3.8) is 0 Å². The molecule has 25 heteroatoms. The van der Waals surface area contributed by atoms with Gasteiger partial charge in [-0.05, 0) is 75.0 Å². The lowest BCUT2D eigenvalue weighted by Gasteiger charge is -2.32. The van der Waals surface area contributed by atoms with Crippen LogP contribution in [0.5, 0.6) is 0 Å². The molecule has 25 nitrogen and oxygen atoms in total. The number of amides is 9. The molecule has 0 aliphatic carbocycles. The third kappa shape index (κ3) is 27.2. The van der Waals surface area contributed by atoms with Crippen molar-refractivity contribution in [2.75, 3.05) is 13.2 Å². The standard InChI is InChI=1S/C54H95N9O16/c1-13-14-15-16-17-18-34(66)25-42(67)55-36(21-28(2)3)47(71)56-35(19-20-43(68)69)46(70)63-45-33(12)79-54(78)39(24-31(8)9)59-51(75)41(27-65)61-48(72)37(22-29(4)5)57-50(74)40(26-64)60-49(73)38(23-30(6)7)58-52(76)44(32(10)11)62-53(45)77/h28-41,44-45,64-66H,13-27H2,1-12H3,(H,55,67)(H,56,71)(H,57,74)(H,58,76)(H,59,75)(H,60,73)(H,61,72)(H,62,77)(H,63,70)(H,68,69)/t33-,34-,35-,36+,37+,38+,39?,40-,41-,44?,45?/m1/s1. The predicted octanol–water partition coefficient (Wildman–Crippen LogP) is 0.0962. The number of cyclic esters (lactones) is 1. The Hall–Kier alpha value is -5.95. The first-order chi connectivity index (χ1) is 36.9. The molecule has 11 atom stereocenters. The lowest BCUT2D eigenvalue weighted by Crippen LogP contribution is -2.63. The Labute approximate surface area is 465 Å². The molecule has 9 amide bonds. The maximum Gasteiger partial charge on any atom is 0.328 e. The number of carboxylic acids is 1. The first-order valence-electron chi connectivity index (χ1n) is 28.0. The van der Waals surface area contributed by atoms with Gasteiger partial charge in [0, 0.05) is 6.42 Å². The second-order valence-electron chi connectivity index (χ2n) is 22.7. The lowest BCUT2D eigenvalue weighted by atomic mass is 9.98. The number of ether oxygens (including phenoxy) is 1. The molecule has 0 aromatic carbocycles. The number of hydrogen-bond acceptors (Lipinski definition) is 15. The molecule has 0 spiro atoms. The minimum absolute atomic E-state index is 0.00953. The van der Waals surface area contributed by atoms with Gasteiger partial charge in [-0.1, -0.05) is 108 Å². The van der Waals surface area contributed by atoms with Gasteiger partial charge < -0.3 is 73.0 Å². The van der Waals surface area contributed by atoms with Crippen LogP contribution in [0.3, 0.4) is 0 Å². The molecule has 0 saturated carbocycles. The molecule has 1 fully saturated rings. The van der Waals surface area contributed by atoms with Crippen LogP contribution in [0.15, 0.2) is 0 Å². The minimum Gasteiger partial charge on any atom is -0.481 e. The average molecular weight is 1130 g/mol. The largest absolute Gasteiger partial charge is 0.481 e. The Bertz CT molecular complexity index is 2020. The number of rotatable bonds is 27. The molecule has 0 aromatic heterocycles. The van der Waals surface area contributed by atoms with Crippen LogP contribution >= 0.6 is 0 Å². The van der Waals surface area contributed by atoms with Gasteiger partial charge in [-0.25, -0.2) is 4.79 Å². The van der Waals surface area contributed by atoms with E-state index in [9.17, 15) is 73.2 Å². The van der Waals surface area contributed by atoms with Gasteiger partial charge in [-0.15, -0.1) is 0 Å². The molecule has 1 heterocycles. The Morgan fingerprint density at radius 1 is 0.557 bits per heavy atom. The fourth-order valence-electron chi connectivity index (χ4n) is 8.66. The summed E-state index contributed by atoms with van der Waals surface area (Å²) in [4.78, 5) is 152. The average Bonchev–Trinajstić information content (AvgIpc) is 3.34. The van der Waals surface area contributed by atoms with Crippen molar-refractivity contribution in [1.82, 2.24) is 47.9 Å². The van der Waals surface area contributed by atoms with Crippen molar-refractivity contribution in [2.24, 2.45) is 29.6 Å². The molecule has 0 bridgehead atoms. The second-order valence-corrected chi connectivity index (χ2v) is 22.7. The molecule has 79 heavy (non-hydrogen) atoms. The number of unbranched alkanes of at least 4 members (excludes halogenated alkanes) is 4. The van der Waals surface area contributed by atoms with Gasteiger partial charge in [0.2, 0.25) is 53.2 Å². The predicted molar refractivity (Wildman–Crippen MR) is 291 cm³/mol. The van der Waals surface area contributed by atoms with Gasteiger partial charge in [-0.3, -0.25) is 47.9 Å². The van der Waals surface area contributed by atoms with Gasteiger partial charge in [0.25, 0.3) is 0 Å². The molecule has 1 aliphatic heterocycles. The summed E-state index contributed by atoms with van der Waals surface area (Å²) < 4.78 is 5.80. The van der Waals surface area contributed by atoms with Gasteiger partial charge in [-0.2, -0.15) is 0 Å². The molecule has 1 aliphatic rings. The van der Waals surface area contributed by atoms with Crippen LogP contribution in [0.1, 0.15) is 167 Å². The third-order valence-electron chi connectivity index (χ3n) is 12.9. The highest BCUT2D eigenvalue weighted by Crippen LogP contribution is 2.16. The number of aliphatic hydroxyl groups excluding tert-OH is 3. The monoisotopic (exact) mass is 1130 g/mol. The summed E-state index contributed by atoms with van der Waals surface area (Å²) in [5, 5.41) is 63.5. The zero-order valence-corrected chi connectivity index (χ0v) is 48.5. The Morgan fingerprint density at radius 3 is 1.49 bits per heavy atom. The van der Waals surface area contributed by atoms with E-state index in [1.165, 1.54) is 6.92 Å². The SMILES string of the molecule is CCCCCCC[C@@H](O)CC(=O)N[C@@H](CC(C)C)C(=O)N[C@H](CCC(=O)O)C(=O)NC1C(=O)NC(C(C)C)C(=O)N[C@@H](CC(C)C)C(=O)N[C@H](CO)C(=O)N[C@@H](CC(C)C)C(=O)N[C@H](CO)C(=O)NC(CC(C)C)C(=O)O[C@@H]1C. The van der Waals surface area contributed by atoms with E-state index in [1.54, 1.807) is 69.2 Å². The number of carboxylic acid groups (broad SMARTS) is 1. The maximum atomic E-state index is 14.7. The first-order valence-corrected chi connectivity index (χ1v) is 28.0. The van der Waals surface area contributed by atoms with E-state index in [2.05, 4.69) is 54.8 Å². The van der Waals surface area contributed by atoms with Crippen molar-refractivity contribution in [1.29, 1.82) is 0 Å². The fraction of sp³-hybridized carbons (Fsp3) is 0.796. The van der Waals surface area contributed by atoms with E-state index < -0.39 is 164 Å². The number of carbonyl (C=O) groups excluding carboxylic acids is 10. The van der Waals surface area contributed by atoms with Crippen LogP contribution in [-0.4, -0.2) is 165 Å². The Balaban J connectivity index is 3.98. The molecule has 1 rings (SSSR count). The summed E-state index contributed by atoms with van der Waals surface area (Å²) in [6.45, 7) is 18.4. The summed E-state index contributed by atoms with van der Waals surface area (Å²) in [6, 6.07) is -14.1. The topological polar surface area (TPSA) is 386 Å². The van der Waals surface area contributed by atoms with Crippen molar-refractivity contribution in [3.05, 3.63) is 0 Å². The second kappa shape index (κ2) is 36.3. The van der Waals surface area contributed by atoms with E-state index in [4.69, 9.17) is 4.74 Å². The molecular formula is C54H95N9O16. The van der Waals surface area contributed by atoms with Crippen LogP contribution in [0, 0.1) is 29.6 Å². The lowest BCUT2D eigenvalue weighted by molar-refractivity contribution is -0.157. The van der Waals surface area contributed by atoms with Crippen LogP contribution in [-0.2, 0) is 57.5 Å². The summed E-state index contributed by atoms with van der Waals surface area (Å²) in [5.41, 5.74) is 0. The third-order valence-corrected chi connectivity index (χ3v) is 12.9. The zero-order chi connectivity index (χ0) is 60.3. The molecule has 3 unspecified atom stereocenters.